The molecule has 5 heteroatoms. The second-order valence-corrected chi connectivity index (χ2v) is 8.58. The van der Waals surface area contributed by atoms with E-state index < -0.39 is 12.1 Å². The number of aliphatic carboxylic acids is 1. The van der Waals surface area contributed by atoms with Crippen LogP contribution < -0.4 is 5.32 Å². The Morgan fingerprint density at radius 3 is 2.18 bits per heavy atom. The molecule has 5 aliphatic rings. The van der Waals surface area contributed by atoms with Gasteiger partial charge in [-0.05, 0) is 52.3 Å². The van der Waals surface area contributed by atoms with Gasteiger partial charge < -0.3 is 15.2 Å². The second kappa shape index (κ2) is 5.60. The van der Waals surface area contributed by atoms with Crippen LogP contribution in [-0.4, -0.2) is 29.8 Å². The van der Waals surface area contributed by atoms with E-state index >= 15 is 0 Å². The minimum Gasteiger partial charge on any atom is -0.481 e. The molecular weight excluding hydrogens is 354 g/mol. The molecule has 2 N–H and O–H groups in total. The van der Waals surface area contributed by atoms with Crippen LogP contribution in [0.15, 0.2) is 48.5 Å². The minimum absolute atomic E-state index is 0.0354. The van der Waals surface area contributed by atoms with Gasteiger partial charge in [0, 0.05) is 12.0 Å². The summed E-state index contributed by atoms with van der Waals surface area (Å²) in [6.45, 7) is 0.289. The third-order valence-electron chi connectivity index (χ3n) is 7.50. The van der Waals surface area contributed by atoms with Crippen LogP contribution in [-0.2, 0) is 9.53 Å². The van der Waals surface area contributed by atoms with Crippen molar-refractivity contribution in [3.63, 3.8) is 0 Å². The number of carbonyl (C=O) groups is 2. The van der Waals surface area contributed by atoms with Gasteiger partial charge in [-0.25, -0.2) is 4.79 Å². The topological polar surface area (TPSA) is 75.6 Å². The molecule has 0 spiro atoms. The number of carboxylic acids is 1. The van der Waals surface area contributed by atoms with Gasteiger partial charge in [0.1, 0.15) is 6.61 Å². The van der Waals surface area contributed by atoms with Crippen molar-refractivity contribution in [2.75, 3.05) is 6.61 Å². The lowest BCUT2D eigenvalue weighted by molar-refractivity contribution is -0.143. The number of hydrogen-bond acceptors (Lipinski definition) is 3. The molecule has 6 atom stereocenters. The first kappa shape index (κ1) is 16.2. The summed E-state index contributed by atoms with van der Waals surface area (Å²) < 4.78 is 5.63. The molecule has 5 aliphatic carbocycles. The van der Waals surface area contributed by atoms with Crippen molar-refractivity contribution >= 4 is 12.1 Å². The number of hydrogen-bond donors (Lipinski definition) is 2. The molecule has 4 fully saturated rings. The maximum absolute atomic E-state index is 12.5. The maximum atomic E-state index is 12.5. The fourth-order valence-corrected chi connectivity index (χ4v) is 6.48. The third kappa shape index (κ3) is 2.07. The van der Waals surface area contributed by atoms with Crippen molar-refractivity contribution in [3.05, 3.63) is 59.7 Å². The molecule has 4 saturated carbocycles. The zero-order valence-electron chi connectivity index (χ0n) is 15.2. The predicted molar refractivity (Wildman–Crippen MR) is 102 cm³/mol. The van der Waals surface area contributed by atoms with Gasteiger partial charge in [-0.2, -0.15) is 0 Å². The van der Waals surface area contributed by atoms with E-state index in [9.17, 15) is 14.7 Å². The highest BCUT2D eigenvalue weighted by Gasteiger charge is 2.75. The highest BCUT2D eigenvalue weighted by molar-refractivity contribution is 5.79. The summed E-state index contributed by atoms with van der Waals surface area (Å²) in [6, 6.07) is 16.5. The SMILES string of the molecule is O=C(NC1C2C3C[C@@H]1[C@H](C(=O)O)C32)OCC1c2ccccc2-c2ccccc21. The van der Waals surface area contributed by atoms with Crippen LogP contribution in [0.2, 0.25) is 0 Å². The van der Waals surface area contributed by atoms with E-state index in [4.69, 9.17) is 4.74 Å². The summed E-state index contributed by atoms with van der Waals surface area (Å²) in [6.07, 6.45) is 0.509. The second-order valence-electron chi connectivity index (χ2n) is 8.58. The van der Waals surface area contributed by atoms with E-state index in [2.05, 4.69) is 29.6 Å². The smallest absolute Gasteiger partial charge is 0.407 e. The van der Waals surface area contributed by atoms with Crippen molar-refractivity contribution < 1.29 is 19.4 Å². The van der Waals surface area contributed by atoms with Crippen LogP contribution in [0.25, 0.3) is 11.1 Å². The van der Waals surface area contributed by atoms with Gasteiger partial charge in [0.15, 0.2) is 0 Å². The molecule has 5 nitrogen and oxygen atoms in total. The average molecular weight is 375 g/mol. The van der Waals surface area contributed by atoms with Gasteiger partial charge in [-0.3, -0.25) is 4.79 Å². The van der Waals surface area contributed by atoms with E-state index in [1.165, 1.54) is 22.3 Å². The van der Waals surface area contributed by atoms with Crippen molar-refractivity contribution in [1.82, 2.24) is 5.32 Å². The molecule has 1 amide bonds. The molecule has 4 unspecified atom stereocenters. The normalized spacial score (nSPS) is 33.3. The Morgan fingerprint density at radius 2 is 1.61 bits per heavy atom. The lowest BCUT2D eigenvalue weighted by atomic mass is 9.96. The van der Waals surface area contributed by atoms with Gasteiger partial charge in [0.25, 0.3) is 0 Å². The highest BCUT2D eigenvalue weighted by Crippen LogP contribution is 2.73. The fraction of sp³-hybridized carbons (Fsp3) is 0.391. The third-order valence-corrected chi connectivity index (χ3v) is 7.50. The molecule has 2 aromatic carbocycles. The van der Waals surface area contributed by atoms with Crippen LogP contribution in [0, 0.1) is 29.6 Å². The monoisotopic (exact) mass is 375 g/mol. The van der Waals surface area contributed by atoms with Gasteiger partial charge in [-0.15, -0.1) is 0 Å². The molecule has 4 bridgehead atoms. The number of carboxylic acid groups (broad SMARTS) is 1. The van der Waals surface area contributed by atoms with Gasteiger partial charge >= 0.3 is 12.1 Å². The number of fused-ring (bicyclic) bond motifs is 3. The van der Waals surface area contributed by atoms with E-state index in [0.29, 0.717) is 11.8 Å². The van der Waals surface area contributed by atoms with Gasteiger partial charge in [0.05, 0.1) is 5.92 Å². The minimum atomic E-state index is -0.711. The maximum Gasteiger partial charge on any atom is 0.407 e. The standard InChI is InChI=1S/C23H21NO4/c25-22(26)20-16-9-15-18(20)19(15)21(16)24-23(27)28-10-17-13-7-3-1-5-11(13)12-6-2-4-8-14(12)17/h1-8,15-21H,9-10H2,(H,24,27)(H,25,26)/t15?,16-,18?,19?,20+,21?/m1/s1. The number of rotatable bonds is 4. The van der Waals surface area contributed by atoms with E-state index in [1.54, 1.807) is 0 Å². The fourth-order valence-electron chi connectivity index (χ4n) is 6.48. The first-order valence-electron chi connectivity index (χ1n) is 9.99. The summed E-state index contributed by atoms with van der Waals surface area (Å²) in [5.41, 5.74) is 4.78. The number of benzene rings is 2. The molecule has 2 aromatic rings. The van der Waals surface area contributed by atoms with E-state index in [1.807, 2.05) is 24.3 Å². The Kier molecular flexibility index (Phi) is 3.23. The summed E-state index contributed by atoms with van der Waals surface area (Å²) >= 11 is 0. The lowest BCUT2D eigenvalue weighted by Gasteiger charge is -2.20. The molecule has 28 heavy (non-hydrogen) atoms. The van der Waals surface area contributed by atoms with E-state index in [-0.39, 0.29) is 36.3 Å². The molecule has 7 rings (SSSR count). The summed E-state index contributed by atoms with van der Waals surface area (Å²) in [4.78, 5) is 24.0. The Labute approximate surface area is 162 Å². The lowest BCUT2D eigenvalue weighted by Crippen LogP contribution is -2.40. The molecule has 0 aromatic heterocycles. The van der Waals surface area contributed by atoms with Crippen molar-refractivity contribution in [1.29, 1.82) is 0 Å². The van der Waals surface area contributed by atoms with Crippen LogP contribution in [0.4, 0.5) is 4.79 Å². The zero-order valence-corrected chi connectivity index (χ0v) is 15.2. The van der Waals surface area contributed by atoms with Gasteiger partial charge in [-0.1, -0.05) is 48.5 Å². The molecule has 0 saturated heterocycles. The zero-order chi connectivity index (χ0) is 19.0. The number of amides is 1. The Bertz CT molecular complexity index is 956. The average Bonchev–Trinajstić information content (AvgIpc) is 3.04. The number of alkyl carbamates (subject to hydrolysis) is 1. The largest absolute Gasteiger partial charge is 0.481 e. The summed E-state index contributed by atoms with van der Waals surface area (Å²) in [5.74, 6) is 0.206. The first-order chi connectivity index (χ1) is 13.6. The van der Waals surface area contributed by atoms with Crippen molar-refractivity contribution in [3.8, 4) is 11.1 Å². The summed E-state index contributed by atoms with van der Waals surface area (Å²) in [7, 11) is 0. The van der Waals surface area contributed by atoms with Crippen molar-refractivity contribution in [2.24, 2.45) is 29.6 Å². The summed E-state index contributed by atoms with van der Waals surface area (Å²) in [5, 5.41) is 12.4. The van der Waals surface area contributed by atoms with Crippen LogP contribution in [0.5, 0.6) is 0 Å². The number of carbonyl (C=O) groups excluding carboxylic acids is 1. The number of ether oxygens (including phenoxy) is 1. The molecular formula is C23H21NO4. The molecule has 0 aliphatic heterocycles. The van der Waals surface area contributed by atoms with E-state index in [0.717, 1.165) is 6.42 Å². The number of nitrogens with one attached hydrogen (secondary N) is 1. The Balaban J connectivity index is 1.16. The van der Waals surface area contributed by atoms with Crippen LogP contribution >= 0.6 is 0 Å². The highest BCUT2D eigenvalue weighted by atomic mass is 16.5. The van der Waals surface area contributed by atoms with Crippen LogP contribution in [0.1, 0.15) is 23.5 Å². The Hall–Kier alpha value is -2.82. The predicted octanol–water partition coefficient (Wildman–Crippen LogP) is 3.49. The van der Waals surface area contributed by atoms with Crippen molar-refractivity contribution in [2.45, 2.75) is 18.4 Å². The first-order valence-corrected chi connectivity index (χ1v) is 9.99. The quantitative estimate of drug-likeness (QED) is 0.858. The Morgan fingerprint density at radius 1 is 0.964 bits per heavy atom. The van der Waals surface area contributed by atoms with Gasteiger partial charge in [0.2, 0.25) is 0 Å². The molecule has 0 heterocycles. The molecule has 0 radical (unpaired) electrons. The van der Waals surface area contributed by atoms with Crippen LogP contribution in [0.3, 0.4) is 0 Å². The molecule has 142 valence electrons.